The lowest BCUT2D eigenvalue weighted by Gasteiger charge is -1.70. The molecule has 0 fully saturated rings. The number of hydrogen-bond acceptors (Lipinski definition) is 1. The zero-order valence-electron chi connectivity index (χ0n) is 5.05. The van der Waals surface area contributed by atoms with Crippen LogP contribution in [0.25, 0.3) is 0 Å². The van der Waals surface area contributed by atoms with Gasteiger partial charge in [-0.2, -0.15) is 13.2 Å². The molecular weight excluding hydrogens is 143 g/mol. The molecule has 1 aromatic rings. The molecule has 10 heavy (non-hydrogen) atoms. The third-order valence-electron chi connectivity index (χ3n) is 0.566. The number of pyridine rings is 1. The summed E-state index contributed by atoms with van der Waals surface area (Å²) in [6.45, 7) is -3.67. The second-order valence-electron chi connectivity index (χ2n) is 1.27. The van der Waals surface area contributed by atoms with Crippen LogP contribution >= 0.6 is 0 Å². The van der Waals surface area contributed by atoms with Gasteiger partial charge in [0.25, 0.3) is 0 Å². The van der Waals surface area contributed by atoms with E-state index in [0.29, 0.717) is 0 Å². The smallest absolute Gasteiger partial charge is 0.265 e. The Hall–Kier alpha value is -1.06. The number of rotatable bonds is 0. The Balaban J connectivity index is 0.000000180. The summed E-state index contributed by atoms with van der Waals surface area (Å²) in [5.41, 5.74) is 0. The fraction of sp³-hybridized carbons (Fsp3) is 0.167. The van der Waals surface area contributed by atoms with Crippen LogP contribution in [0.2, 0.25) is 0 Å². The van der Waals surface area contributed by atoms with Crippen LogP contribution in [0.3, 0.4) is 0 Å². The topological polar surface area (TPSA) is 12.9 Å². The maximum Gasteiger partial charge on any atom is 0.379 e. The second kappa shape index (κ2) is 6.07. The number of hydrogen-bond donors (Lipinski definition) is 0. The van der Waals surface area contributed by atoms with Crippen molar-refractivity contribution in [2.45, 2.75) is 6.68 Å². The minimum atomic E-state index is -3.67. The van der Waals surface area contributed by atoms with Crippen molar-refractivity contribution >= 4 is 0 Å². The van der Waals surface area contributed by atoms with Crippen molar-refractivity contribution in [1.29, 1.82) is 0 Å². The molecule has 1 heterocycles. The molecule has 0 unspecified atom stereocenters. The lowest BCUT2D eigenvalue weighted by Crippen LogP contribution is -1.65. The minimum absolute atomic E-state index is 1.75. The van der Waals surface area contributed by atoms with Crippen molar-refractivity contribution in [1.82, 2.24) is 4.98 Å². The summed E-state index contributed by atoms with van der Waals surface area (Å²) in [6, 6.07) is 5.72. The Morgan fingerprint density at radius 3 is 1.40 bits per heavy atom. The average Bonchev–Trinajstić information content (AvgIpc) is 1.90. The summed E-state index contributed by atoms with van der Waals surface area (Å²) in [7, 11) is 0. The quantitative estimate of drug-likeness (QED) is 0.551. The number of aromatic nitrogens is 1. The molecular formula is C6H6F3N. The fourth-order valence-corrected chi connectivity index (χ4v) is 0.313. The molecule has 1 nitrogen and oxygen atoms in total. The van der Waals surface area contributed by atoms with Gasteiger partial charge in [-0.3, -0.25) is 4.98 Å². The monoisotopic (exact) mass is 149 g/mol. The maximum atomic E-state index is 9.67. The zero-order valence-corrected chi connectivity index (χ0v) is 5.05. The van der Waals surface area contributed by atoms with Crippen LogP contribution in [0.15, 0.2) is 30.6 Å². The van der Waals surface area contributed by atoms with E-state index in [1.165, 1.54) is 0 Å². The Bertz CT molecular complexity index is 113. The van der Waals surface area contributed by atoms with E-state index in [9.17, 15) is 13.2 Å². The van der Waals surface area contributed by atoms with Gasteiger partial charge in [0.05, 0.1) is 0 Å². The fourth-order valence-electron chi connectivity index (χ4n) is 0.313. The van der Waals surface area contributed by atoms with Crippen LogP contribution in [-0.2, 0) is 0 Å². The van der Waals surface area contributed by atoms with Crippen LogP contribution < -0.4 is 0 Å². The number of alkyl halides is 3. The van der Waals surface area contributed by atoms with Gasteiger partial charge in [0.15, 0.2) is 0 Å². The largest absolute Gasteiger partial charge is 0.379 e. The predicted octanol–water partition coefficient (Wildman–Crippen LogP) is 2.26. The lowest BCUT2D eigenvalue weighted by molar-refractivity contribution is 0.00819. The molecule has 0 atom stereocenters. The third kappa shape index (κ3) is 10.0. The molecule has 0 bridgehead atoms. The highest BCUT2D eigenvalue weighted by molar-refractivity contribution is 4.88. The Kier molecular flexibility index (Phi) is 5.42. The van der Waals surface area contributed by atoms with E-state index in [0.717, 1.165) is 0 Å². The third-order valence-corrected chi connectivity index (χ3v) is 0.566. The molecule has 0 saturated carbocycles. The highest BCUT2D eigenvalue weighted by Crippen LogP contribution is 1.87. The van der Waals surface area contributed by atoms with E-state index in [2.05, 4.69) is 4.98 Å². The zero-order chi connectivity index (χ0) is 7.82. The molecule has 0 aliphatic rings. The molecule has 0 N–H and O–H groups in total. The van der Waals surface area contributed by atoms with E-state index in [4.69, 9.17) is 0 Å². The summed E-state index contributed by atoms with van der Waals surface area (Å²) < 4.78 is 29.0. The maximum absolute atomic E-state index is 9.67. The first-order chi connectivity index (χ1) is 4.73. The summed E-state index contributed by atoms with van der Waals surface area (Å²) >= 11 is 0. The molecule has 0 spiro atoms. The molecule has 0 amide bonds. The SMILES string of the molecule is FC(F)F.c1ccncc1. The van der Waals surface area contributed by atoms with Gasteiger partial charge in [0.1, 0.15) is 0 Å². The van der Waals surface area contributed by atoms with Gasteiger partial charge in [-0.15, -0.1) is 0 Å². The first kappa shape index (κ1) is 8.94. The summed E-state index contributed by atoms with van der Waals surface area (Å²) in [6.07, 6.45) is 3.50. The van der Waals surface area contributed by atoms with E-state index in [1.807, 2.05) is 18.2 Å². The van der Waals surface area contributed by atoms with Gasteiger partial charge in [0.2, 0.25) is 0 Å². The Labute approximate surface area is 56.5 Å². The molecule has 4 heteroatoms. The van der Waals surface area contributed by atoms with Gasteiger partial charge < -0.3 is 0 Å². The second-order valence-corrected chi connectivity index (χ2v) is 1.27. The van der Waals surface area contributed by atoms with Crippen molar-refractivity contribution in [2.75, 3.05) is 0 Å². The van der Waals surface area contributed by atoms with Crippen LogP contribution in [0.1, 0.15) is 0 Å². The standard InChI is InChI=1S/C5H5N.CHF3/c1-2-4-6-5-3-1;2-1(3)4/h1-5H;1H. The molecule has 1 aromatic heterocycles. The van der Waals surface area contributed by atoms with E-state index < -0.39 is 6.68 Å². The van der Waals surface area contributed by atoms with Gasteiger partial charge in [-0.1, -0.05) is 6.07 Å². The van der Waals surface area contributed by atoms with Crippen molar-refractivity contribution in [3.63, 3.8) is 0 Å². The first-order valence-corrected chi connectivity index (χ1v) is 2.50. The molecule has 0 aliphatic heterocycles. The van der Waals surface area contributed by atoms with E-state index in [-0.39, 0.29) is 0 Å². The minimum Gasteiger partial charge on any atom is -0.265 e. The van der Waals surface area contributed by atoms with Crippen molar-refractivity contribution in [3.8, 4) is 0 Å². The predicted molar refractivity (Wildman–Crippen MR) is 31.3 cm³/mol. The van der Waals surface area contributed by atoms with Gasteiger partial charge in [-0.05, 0) is 12.1 Å². The van der Waals surface area contributed by atoms with Crippen LogP contribution in [0.4, 0.5) is 13.2 Å². The Morgan fingerprint density at radius 1 is 0.900 bits per heavy atom. The van der Waals surface area contributed by atoms with Gasteiger partial charge in [0, 0.05) is 12.4 Å². The van der Waals surface area contributed by atoms with Crippen LogP contribution in [0, 0.1) is 0 Å². The van der Waals surface area contributed by atoms with Crippen molar-refractivity contribution in [2.24, 2.45) is 0 Å². The molecule has 0 saturated heterocycles. The average molecular weight is 149 g/mol. The highest BCUT2D eigenvalue weighted by Gasteiger charge is 1.86. The molecule has 1 rings (SSSR count). The van der Waals surface area contributed by atoms with Crippen molar-refractivity contribution in [3.05, 3.63) is 30.6 Å². The number of halogens is 3. The van der Waals surface area contributed by atoms with Crippen LogP contribution in [-0.4, -0.2) is 11.7 Å². The molecule has 0 aromatic carbocycles. The van der Waals surface area contributed by atoms with Gasteiger partial charge in [-0.25, -0.2) is 0 Å². The summed E-state index contributed by atoms with van der Waals surface area (Å²) in [4.78, 5) is 3.78. The lowest BCUT2D eigenvalue weighted by atomic mass is 10.5. The first-order valence-electron chi connectivity index (χ1n) is 2.50. The van der Waals surface area contributed by atoms with Crippen molar-refractivity contribution < 1.29 is 13.2 Å². The Morgan fingerprint density at radius 2 is 1.30 bits per heavy atom. The summed E-state index contributed by atoms with van der Waals surface area (Å²) in [5, 5.41) is 0. The highest BCUT2D eigenvalue weighted by atomic mass is 19.4. The molecule has 56 valence electrons. The van der Waals surface area contributed by atoms with Gasteiger partial charge >= 0.3 is 6.68 Å². The van der Waals surface area contributed by atoms with Crippen LogP contribution in [0.5, 0.6) is 0 Å². The molecule has 0 aliphatic carbocycles. The number of nitrogens with zero attached hydrogens (tertiary/aromatic N) is 1. The van der Waals surface area contributed by atoms with E-state index in [1.54, 1.807) is 12.4 Å². The summed E-state index contributed by atoms with van der Waals surface area (Å²) in [5.74, 6) is 0. The molecule has 0 radical (unpaired) electrons. The van der Waals surface area contributed by atoms with E-state index >= 15 is 0 Å². The normalized spacial score (nSPS) is 8.40.